The number of aliphatic hydroxyl groups excluding tert-OH is 1. The zero-order chi connectivity index (χ0) is 22.4. The summed E-state index contributed by atoms with van der Waals surface area (Å²) in [5, 5.41) is 10.3. The van der Waals surface area contributed by atoms with Crippen molar-refractivity contribution in [3.05, 3.63) is 88.5 Å². The van der Waals surface area contributed by atoms with Crippen molar-refractivity contribution in [2.45, 2.75) is 58.3 Å². The van der Waals surface area contributed by atoms with E-state index in [1.165, 1.54) is 17.7 Å². The molecule has 1 aromatic heterocycles. The van der Waals surface area contributed by atoms with Gasteiger partial charge in [-0.25, -0.2) is 4.39 Å². The highest BCUT2D eigenvalue weighted by Crippen LogP contribution is 2.38. The lowest BCUT2D eigenvalue weighted by Crippen LogP contribution is -2.12. The van der Waals surface area contributed by atoms with Crippen molar-refractivity contribution in [3.8, 4) is 11.1 Å². The first-order valence-electron chi connectivity index (χ1n) is 11.0. The van der Waals surface area contributed by atoms with Gasteiger partial charge in [0.2, 0.25) is 0 Å². The fourth-order valence-corrected chi connectivity index (χ4v) is 4.96. The van der Waals surface area contributed by atoms with Crippen molar-refractivity contribution < 1.29 is 9.50 Å². The fourth-order valence-electron chi connectivity index (χ4n) is 3.94. The molecule has 0 aliphatic heterocycles. The monoisotopic (exact) mass is 437 g/mol. The van der Waals surface area contributed by atoms with Crippen molar-refractivity contribution >= 4 is 11.8 Å². The summed E-state index contributed by atoms with van der Waals surface area (Å²) in [6, 6.07) is 17.1. The Morgan fingerprint density at radius 3 is 2.06 bits per heavy atom. The Morgan fingerprint density at radius 2 is 1.48 bits per heavy atom. The minimum absolute atomic E-state index is 0.0761. The molecule has 0 saturated carbocycles. The number of aliphatic hydroxyl groups is 1. The highest BCUT2D eigenvalue weighted by molar-refractivity contribution is 7.98. The molecule has 0 amide bonds. The molecular formula is C27H32FNOS. The number of benzene rings is 2. The Labute approximate surface area is 189 Å². The van der Waals surface area contributed by atoms with Gasteiger partial charge in [-0.2, -0.15) is 11.8 Å². The van der Waals surface area contributed by atoms with Crippen LogP contribution in [-0.2, 0) is 18.8 Å². The second-order valence-corrected chi connectivity index (χ2v) is 9.58. The minimum Gasteiger partial charge on any atom is -0.392 e. The number of aromatic nitrogens is 1. The summed E-state index contributed by atoms with van der Waals surface area (Å²) < 4.78 is 13.6. The first-order valence-corrected chi connectivity index (χ1v) is 12.1. The molecule has 2 aromatic carbocycles. The van der Waals surface area contributed by atoms with Gasteiger partial charge < -0.3 is 5.11 Å². The minimum atomic E-state index is -0.254. The molecule has 1 heterocycles. The molecule has 0 saturated heterocycles. The van der Waals surface area contributed by atoms with Gasteiger partial charge in [-0.15, -0.1) is 0 Å². The third-order valence-corrected chi connectivity index (χ3v) is 6.46. The lowest BCUT2D eigenvalue weighted by molar-refractivity contribution is 0.279. The Morgan fingerprint density at radius 1 is 0.871 bits per heavy atom. The van der Waals surface area contributed by atoms with E-state index in [-0.39, 0.29) is 24.3 Å². The molecule has 4 heteroatoms. The van der Waals surface area contributed by atoms with Crippen LogP contribution in [0.3, 0.4) is 0 Å². The number of halogens is 1. The Bertz CT molecular complexity index is 984. The molecule has 0 bridgehead atoms. The number of thioether (sulfide) groups is 1. The summed E-state index contributed by atoms with van der Waals surface area (Å²) in [5.41, 5.74) is 7.34. The molecule has 0 fully saturated rings. The third-order valence-electron chi connectivity index (χ3n) is 5.47. The van der Waals surface area contributed by atoms with Gasteiger partial charge >= 0.3 is 0 Å². The molecule has 1 N–H and O–H groups in total. The molecule has 0 spiro atoms. The van der Waals surface area contributed by atoms with Gasteiger partial charge in [0, 0.05) is 22.7 Å². The van der Waals surface area contributed by atoms with E-state index in [2.05, 4.69) is 52.0 Å². The number of pyridine rings is 1. The van der Waals surface area contributed by atoms with Gasteiger partial charge in [-0.1, -0.05) is 70.2 Å². The molecule has 0 aliphatic rings. The van der Waals surface area contributed by atoms with E-state index in [4.69, 9.17) is 4.98 Å². The summed E-state index contributed by atoms with van der Waals surface area (Å²) in [6.07, 6.45) is 1.01. The highest BCUT2D eigenvalue weighted by atomic mass is 32.2. The van der Waals surface area contributed by atoms with E-state index in [1.807, 2.05) is 30.0 Å². The summed E-state index contributed by atoms with van der Waals surface area (Å²) in [4.78, 5) is 5.04. The average molecular weight is 438 g/mol. The number of aryl methyl sites for hydroxylation is 1. The average Bonchev–Trinajstić information content (AvgIpc) is 2.76. The second-order valence-electron chi connectivity index (χ2n) is 8.48. The normalized spacial score (nSPS) is 11.5. The molecule has 0 aliphatic carbocycles. The SMILES string of the molecule is CC(C)c1nc(C(C)C)c(CSCCc2ccccc2)c(-c2ccc(F)cc2)c1CO. The zero-order valence-electron chi connectivity index (χ0n) is 18.9. The Balaban J connectivity index is 2.02. The third kappa shape index (κ3) is 5.75. The molecule has 0 radical (unpaired) electrons. The van der Waals surface area contributed by atoms with E-state index in [1.54, 1.807) is 0 Å². The first kappa shape index (κ1) is 23.5. The second kappa shape index (κ2) is 10.9. The molecule has 2 nitrogen and oxygen atoms in total. The maximum atomic E-state index is 13.6. The highest BCUT2D eigenvalue weighted by Gasteiger charge is 2.23. The molecule has 3 rings (SSSR count). The van der Waals surface area contributed by atoms with E-state index in [0.29, 0.717) is 0 Å². The van der Waals surface area contributed by atoms with Crippen molar-refractivity contribution in [1.82, 2.24) is 4.98 Å². The number of nitrogens with zero attached hydrogens (tertiary/aromatic N) is 1. The van der Waals surface area contributed by atoms with Crippen molar-refractivity contribution in [2.24, 2.45) is 0 Å². The van der Waals surface area contributed by atoms with Crippen LogP contribution in [0.2, 0.25) is 0 Å². The van der Waals surface area contributed by atoms with Crippen LogP contribution in [-0.4, -0.2) is 15.8 Å². The summed E-state index contributed by atoms with van der Waals surface area (Å²) in [7, 11) is 0. The predicted octanol–water partition coefficient (Wildman–Crippen LogP) is 7.10. The topological polar surface area (TPSA) is 33.1 Å². The van der Waals surface area contributed by atoms with Crippen LogP contribution < -0.4 is 0 Å². The van der Waals surface area contributed by atoms with E-state index < -0.39 is 0 Å². The smallest absolute Gasteiger partial charge is 0.123 e. The molecule has 164 valence electrons. The van der Waals surface area contributed by atoms with Crippen LogP contribution in [0.1, 0.15) is 67.6 Å². The zero-order valence-corrected chi connectivity index (χ0v) is 19.7. The predicted molar refractivity (Wildman–Crippen MR) is 130 cm³/mol. The lowest BCUT2D eigenvalue weighted by Gasteiger charge is -2.24. The van der Waals surface area contributed by atoms with Crippen LogP contribution >= 0.6 is 11.8 Å². The lowest BCUT2D eigenvalue weighted by atomic mass is 9.88. The fraction of sp³-hybridized carbons (Fsp3) is 0.370. The van der Waals surface area contributed by atoms with Crippen molar-refractivity contribution in [3.63, 3.8) is 0 Å². The molecule has 0 atom stereocenters. The standard InChI is InChI=1S/C27H32FNOS/c1-18(2)26-23(16-30)25(21-10-12-22(28)13-11-21)24(27(29-26)19(3)4)17-31-15-14-20-8-6-5-7-9-20/h5-13,18-19,30H,14-17H2,1-4H3. The maximum absolute atomic E-state index is 13.6. The summed E-state index contributed by atoms with van der Waals surface area (Å²) >= 11 is 1.88. The van der Waals surface area contributed by atoms with E-state index >= 15 is 0 Å². The van der Waals surface area contributed by atoms with Crippen molar-refractivity contribution in [1.29, 1.82) is 0 Å². The van der Waals surface area contributed by atoms with Gasteiger partial charge in [0.15, 0.2) is 0 Å². The molecule has 31 heavy (non-hydrogen) atoms. The quantitative estimate of drug-likeness (QED) is 0.362. The maximum Gasteiger partial charge on any atom is 0.123 e. The number of rotatable bonds is 9. The summed E-state index contributed by atoms with van der Waals surface area (Å²) in [5.74, 6) is 2.01. The summed E-state index contributed by atoms with van der Waals surface area (Å²) in [6.45, 7) is 8.46. The van der Waals surface area contributed by atoms with Crippen LogP contribution in [0.4, 0.5) is 4.39 Å². The van der Waals surface area contributed by atoms with Crippen LogP contribution in [0, 0.1) is 5.82 Å². The Hall–Kier alpha value is -2.17. The van der Waals surface area contributed by atoms with Gasteiger partial charge in [0.25, 0.3) is 0 Å². The largest absolute Gasteiger partial charge is 0.392 e. The molecular weight excluding hydrogens is 405 g/mol. The Kier molecular flexibility index (Phi) is 8.28. The first-order chi connectivity index (χ1) is 14.9. The van der Waals surface area contributed by atoms with Gasteiger partial charge in [-0.3, -0.25) is 4.98 Å². The number of hydrogen-bond acceptors (Lipinski definition) is 3. The van der Waals surface area contributed by atoms with Crippen LogP contribution in [0.15, 0.2) is 54.6 Å². The van der Waals surface area contributed by atoms with Crippen LogP contribution in [0.5, 0.6) is 0 Å². The molecule has 0 unspecified atom stereocenters. The van der Waals surface area contributed by atoms with E-state index in [9.17, 15) is 9.50 Å². The van der Waals surface area contributed by atoms with Gasteiger partial charge in [0.1, 0.15) is 5.82 Å². The van der Waals surface area contributed by atoms with Gasteiger partial charge in [-0.05, 0) is 58.4 Å². The van der Waals surface area contributed by atoms with E-state index in [0.717, 1.165) is 51.6 Å². The van der Waals surface area contributed by atoms with Gasteiger partial charge in [0.05, 0.1) is 6.61 Å². The molecule has 3 aromatic rings. The number of hydrogen-bond donors (Lipinski definition) is 1. The van der Waals surface area contributed by atoms with Crippen molar-refractivity contribution in [2.75, 3.05) is 5.75 Å². The van der Waals surface area contributed by atoms with Crippen LogP contribution in [0.25, 0.3) is 11.1 Å².